The second-order valence-electron chi connectivity index (χ2n) is 7.36. The number of hydrogen-bond donors (Lipinski definition) is 1. The van der Waals surface area contributed by atoms with Crippen LogP contribution < -0.4 is 5.32 Å². The molecule has 1 aromatic carbocycles. The molecule has 1 N–H and O–H groups in total. The molecule has 1 amide bonds. The van der Waals surface area contributed by atoms with Crippen LogP contribution in [0.15, 0.2) is 38.7 Å². The first-order valence-electron chi connectivity index (χ1n) is 8.58. The Hall–Kier alpha value is -3.10. The van der Waals surface area contributed by atoms with Crippen molar-refractivity contribution in [2.45, 2.75) is 32.5 Å². The molecule has 3 heterocycles. The van der Waals surface area contributed by atoms with Gasteiger partial charge in [0.1, 0.15) is 17.9 Å². The van der Waals surface area contributed by atoms with E-state index >= 15 is 0 Å². The van der Waals surface area contributed by atoms with Gasteiger partial charge in [-0.15, -0.1) is 0 Å². The predicted octanol–water partition coefficient (Wildman–Crippen LogP) is 4.37. The smallest absolute Gasteiger partial charge is 0.416 e. The third-order valence-electron chi connectivity index (χ3n) is 4.54. The van der Waals surface area contributed by atoms with Gasteiger partial charge >= 0.3 is 6.18 Å². The quantitative estimate of drug-likeness (QED) is 0.828. The molecule has 0 bridgehead atoms. The second-order valence-corrected chi connectivity index (χ2v) is 7.36. The lowest BCUT2D eigenvalue weighted by atomic mass is 10.1. The van der Waals surface area contributed by atoms with Gasteiger partial charge in [-0.1, -0.05) is 0 Å². The van der Waals surface area contributed by atoms with Crippen molar-refractivity contribution in [3.63, 3.8) is 0 Å². The number of halogens is 3. The highest BCUT2D eigenvalue weighted by Gasteiger charge is 2.39. The molecule has 0 fully saturated rings. The fraction of sp³-hybridized carbons (Fsp3) is 0.316. The minimum Gasteiger partial charge on any atom is -0.442 e. The lowest BCUT2D eigenvalue weighted by Gasteiger charge is -2.20. The number of amides is 1. The third-order valence-corrected chi connectivity index (χ3v) is 4.54. The number of anilines is 1. The first-order chi connectivity index (χ1) is 13.0. The summed E-state index contributed by atoms with van der Waals surface area (Å²) in [6.45, 7) is 6.21. The Labute approximate surface area is 158 Å². The van der Waals surface area contributed by atoms with E-state index in [9.17, 15) is 18.0 Å². The average Bonchev–Trinajstić information content (AvgIpc) is 3.08. The van der Waals surface area contributed by atoms with Crippen LogP contribution in [0.1, 0.15) is 41.1 Å². The first-order valence-corrected chi connectivity index (χ1v) is 8.58. The molecule has 0 aliphatic carbocycles. The molecule has 0 saturated carbocycles. The standard InChI is InChI=1S/C19H17F3N4O2/c1-10-13(16(27)24-12-6-4-11(5-7-12)19(20,21)22)14-15-25-18(2,3)8-26(15)9-23-17(14)28-10/h4-7,9H,8H2,1-3H3,(H,24,27). The molecule has 0 radical (unpaired) electrons. The number of hydrogen-bond acceptors (Lipinski definition) is 5. The van der Waals surface area contributed by atoms with Crippen molar-refractivity contribution in [2.24, 2.45) is 9.98 Å². The topological polar surface area (TPSA) is 70.2 Å². The molecule has 4 rings (SSSR count). The van der Waals surface area contributed by atoms with Crippen molar-refractivity contribution >= 4 is 29.7 Å². The average molecular weight is 390 g/mol. The molecular formula is C19H17F3N4O2. The van der Waals surface area contributed by atoms with Crippen molar-refractivity contribution < 1.29 is 22.4 Å². The zero-order valence-corrected chi connectivity index (χ0v) is 15.4. The summed E-state index contributed by atoms with van der Waals surface area (Å²) in [5, 5.41) is 2.62. The number of rotatable bonds is 2. The summed E-state index contributed by atoms with van der Waals surface area (Å²) in [7, 11) is 0. The number of alkyl halides is 3. The second kappa shape index (κ2) is 5.95. The van der Waals surface area contributed by atoms with Gasteiger partial charge in [0.2, 0.25) is 5.88 Å². The Balaban J connectivity index is 1.67. The van der Waals surface area contributed by atoms with Crippen LogP contribution in [-0.2, 0) is 6.18 Å². The maximum atomic E-state index is 12.9. The van der Waals surface area contributed by atoms with Gasteiger partial charge in [0.15, 0.2) is 0 Å². The molecule has 2 aliphatic heterocycles. The summed E-state index contributed by atoms with van der Waals surface area (Å²) in [6.07, 6.45) is -2.81. The van der Waals surface area contributed by atoms with E-state index < -0.39 is 17.6 Å². The molecule has 9 heteroatoms. The Morgan fingerprint density at radius 3 is 2.57 bits per heavy atom. The highest BCUT2D eigenvalue weighted by atomic mass is 19.4. The summed E-state index contributed by atoms with van der Waals surface area (Å²) in [5.74, 6) is 0.764. The highest BCUT2D eigenvalue weighted by Crippen LogP contribution is 2.37. The molecule has 2 aromatic rings. The van der Waals surface area contributed by atoms with E-state index in [1.54, 1.807) is 13.3 Å². The minimum atomic E-state index is -4.43. The molecule has 1 aromatic heterocycles. The number of furan rings is 1. The van der Waals surface area contributed by atoms with Gasteiger partial charge in [-0.3, -0.25) is 9.79 Å². The van der Waals surface area contributed by atoms with Gasteiger partial charge in [0, 0.05) is 5.69 Å². The molecule has 0 spiro atoms. The van der Waals surface area contributed by atoms with E-state index in [2.05, 4.69) is 15.3 Å². The molecule has 0 atom stereocenters. The van der Waals surface area contributed by atoms with E-state index in [-0.39, 0.29) is 16.8 Å². The van der Waals surface area contributed by atoms with E-state index in [4.69, 9.17) is 4.42 Å². The summed E-state index contributed by atoms with van der Waals surface area (Å²) in [5.41, 5.74) is -0.106. The van der Waals surface area contributed by atoms with Crippen molar-refractivity contribution in [1.82, 2.24) is 4.90 Å². The number of fused-ring (bicyclic) bond motifs is 3. The van der Waals surface area contributed by atoms with Crippen molar-refractivity contribution in [1.29, 1.82) is 0 Å². The third kappa shape index (κ3) is 3.06. The van der Waals surface area contributed by atoms with Crippen molar-refractivity contribution in [2.75, 3.05) is 11.9 Å². The van der Waals surface area contributed by atoms with Crippen molar-refractivity contribution in [3.8, 4) is 0 Å². The maximum Gasteiger partial charge on any atom is 0.416 e. The molecule has 2 aliphatic rings. The highest BCUT2D eigenvalue weighted by molar-refractivity contribution is 6.19. The van der Waals surface area contributed by atoms with E-state index in [1.807, 2.05) is 18.7 Å². The first kappa shape index (κ1) is 18.3. The van der Waals surface area contributed by atoms with Crippen LogP contribution in [0.25, 0.3) is 0 Å². The van der Waals surface area contributed by atoms with Gasteiger partial charge in [0.05, 0.1) is 28.8 Å². The minimum absolute atomic E-state index is 0.247. The van der Waals surface area contributed by atoms with E-state index in [0.717, 1.165) is 12.1 Å². The number of benzene rings is 1. The van der Waals surface area contributed by atoms with Gasteiger partial charge in [-0.05, 0) is 45.0 Å². The van der Waals surface area contributed by atoms with Gasteiger partial charge < -0.3 is 14.6 Å². The maximum absolute atomic E-state index is 12.9. The number of aryl methyl sites for hydroxylation is 1. The Morgan fingerprint density at radius 1 is 1.25 bits per heavy atom. The lowest BCUT2D eigenvalue weighted by molar-refractivity contribution is -0.137. The molecule has 28 heavy (non-hydrogen) atoms. The number of carbonyl (C=O) groups is 1. The van der Waals surface area contributed by atoms with Crippen LogP contribution in [-0.4, -0.2) is 35.1 Å². The number of aliphatic imine (C=N–C) groups is 2. The van der Waals surface area contributed by atoms with Crippen LogP contribution in [0.2, 0.25) is 0 Å². The lowest BCUT2D eigenvalue weighted by Crippen LogP contribution is -2.33. The van der Waals surface area contributed by atoms with Crippen LogP contribution in [0, 0.1) is 6.92 Å². The fourth-order valence-electron chi connectivity index (χ4n) is 3.33. The number of amidine groups is 1. The zero-order chi connectivity index (χ0) is 20.3. The predicted molar refractivity (Wildman–Crippen MR) is 98.3 cm³/mol. The Kier molecular flexibility index (Phi) is 3.88. The van der Waals surface area contributed by atoms with Gasteiger partial charge in [-0.2, -0.15) is 13.2 Å². The monoisotopic (exact) mass is 390 g/mol. The molecule has 146 valence electrons. The molecule has 0 unspecified atom stereocenters. The molecule has 6 nitrogen and oxygen atoms in total. The molecular weight excluding hydrogens is 373 g/mol. The summed E-state index contributed by atoms with van der Waals surface area (Å²) in [6, 6.07) is 4.26. The summed E-state index contributed by atoms with van der Waals surface area (Å²) in [4.78, 5) is 23.7. The fourth-order valence-corrected chi connectivity index (χ4v) is 3.33. The largest absolute Gasteiger partial charge is 0.442 e. The van der Waals surface area contributed by atoms with E-state index in [0.29, 0.717) is 29.6 Å². The van der Waals surface area contributed by atoms with Crippen molar-refractivity contribution in [3.05, 3.63) is 46.7 Å². The number of carbonyl (C=O) groups excluding carboxylic acids is 1. The van der Waals surface area contributed by atoms with Crippen LogP contribution in [0.5, 0.6) is 0 Å². The van der Waals surface area contributed by atoms with Gasteiger partial charge in [0.25, 0.3) is 5.91 Å². The van der Waals surface area contributed by atoms with Crippen LogP contribution in [0.3, 0.4) is 0 Å². The zero-order valence-electron chi connectivity index (χ0n) is 15.4. The normalized spacial score (nSPS) is 17.2. The van der Waals surface area contributed by atoms with E-state index in [1.165, 1.54) is 12.1 Å². The van der Waals surface area contributed by atoms with Crippen LogP contribution >= 0.6 is 0 Å². The summed E-state index contributed by atoms with van der Waals surface area (Å²) < 4.78 is 43.7. The number of nitrogens with zero attached hydrogens (tertiary/aromatic N) is 3. The molecule has 0 saturated heterocycles. The Morgan fingerprint density at radius 2 is 1.93 bits per heavy atom. The SMILES string of the molecule is Cc1oc2c(c1C(=O)Nc1ccc(C(F)(F)F)cc1)C1=NC(C)(C)CN1C=N2. The number of nitrogens with one attached hydrogen (secondary N) is 1. The van der Waals surface area contributed by atoms with Gasteiger partial charge in [-0.25, -0.2) is 4.99 Å². The Bertz CT molecular complexity index is 1020. The van der Waals surface area contributed by atoms with Crippen LogP contribution in [0.4, 0.5) is 24.7 Å². The summed E-state index contributed by atoms with van der Waals surface area (Å²) >= 11 is 0.